The molecule has 1 aromatic carbocycles. The molecule has 2 aromatic rings. The lowest BCUT2D eigenvalue weighted by Crippen LogP contribution is -2.14. The van der Waals surface area contributed by atoms with Crippen LogP contribution in [0.4, 0.5) is 0 Å². The van der Waals surface area contributed by atoms with Crippen LogP contribution in [0, 0.1) is 0 Å². The van der Waals surface area contributed by atoms with Gasteiger partial charge in [0, 0.05) is 17.4 Å². The highest BCUT2D eigenvalue weighted by atomic mass is 16.4. The molecule has 0 aliphatic carbocycles. The number of fused-ring (bicyclic) bond motifs is 1. The number of benzene rings is 1. The van der Waals surface area contributed by atoms with E-state index in [9.17, 15) is 0 Å². The zero-order chi connectivity index (χ0) is 9.97. The molecular formula is C10H10N2O2. The van der Waals surface area contributed by atoms with Crippen molar-refractivity contribution in [2.75, 3.05) is 0 Å². The highest BCUT2D eigenvalue weighted by molar-refractivity contribution is 5.88. The number of amidine groups is 1. The first-order chi connectivity index (χ1) is 6.81. The van der Waals surface area contributed by atoms with E-state index < -0.39 is 0 Å². The Kier molecular flexibility index (Phi) is 2.10. The quantitative estimate of drug-likeness (QED) is 0.328. The Balaban J connectivity index is 2.46. The molecule has 3 N–H and O–H groups in total. The van der Waals surface area contributed by atoms with Gasteiger partial charge < -0.3 is 15.4 Å². The summed E-state index contributed by atoms with van der Waals surface area (Å²) in [5, 5.41) is 12.4. The molecule has 4 heteroatoms. The number of rotatable bonds is 2. The summed E-state index contributed by atoms with van der Waals surface area (Å²) in [4.78, 5) is 0. The Morgan fingerprint density at radius 3 is 3.07 bits per heavy atom. The minimum Gasteiger partial charge on any atom is -0.464 e. The summed E-state index contributed by atoms with van der Waals surface area (Å²) in [6.45, 7) is 0. The molecule has 1 aromatic heterocycles. The molecule has 0 amide bonds. The number of furan rings is 1. The zero-order valence-corrected chi connectivity index (χ0v) is 7.47. The fraction of sp³-hybridized carbons (Fsp3) is 0.100. The lowest BCUT2D eigenvalue weighted by molar-refractivity contribution is 0.317. The van der Waals surface area contributed by atoms with E-state index in [-0.39, 0.29) is 5.84 Å². The summed E-state index contributed by atoms with van der Waals surface area (Å²) >= 11 is 0. The number of hydrogen-bond acceptors (Lipinski definition) is 3. The van der Waals surface area contributed by atoms with Gasteiger partial charge in [0.15, 0.2) is 0 Å². The number of para-hydroxylation sites is 1. The topological polar surface area (TPSA) is 71.8 Å². The van der Waals surface area contributed by atoms with Gasteiger partial charge in [-0.2, -0.15) is 0 Å². The highest BCUT2D eigenvalue weighted by Gasteiger charge is 2.05. The van der Waals surface area contributed by atoms with Gasteiger partial charge in [0.05, 0.1) is 6.26 Å². The number of nitrogens with two attached hydrogens (primary N) is 1. The van der Waals surface area contributed by atoms with E-state index in [1.54, 1.807) is 6.26 Å². The molecule has 0 unspecified atom stereocenters. The SMILES string of the molecule is N/C(Cc1cccc2ccoc12)=N\O. The van der Waals surface area contributed by atoms with Crippen molar-refractivity contribution in [2.24, 2.45) is 10.9 Å². The van der Waals surface area contributed by atoms with Crippen LogP contribution in [-0.2, 0) is 6.42 Å². The summed E-state index contributed by atoms with van der Waals surface area (Å²) < 4.78 is 5.30. The van der Waals surface area contributed by atoms with Crippen LogP contribution in [-0.4, -0.2) is 11.0 Å². The maximum Gasteiger partial charge on any atom is 0.143 e. The standard InChI is InChI=1S/C10H10N2O2/c11-9(12-13)6-8-3-1-2-7-4-5-14-10(7)8/h1-5,13H,6H2,(H2,11,12). The van der Waals surface area contributed by atoms with Crippen molar-refractivity contribution in [1.29, 1.82) is 0 Å². The average Bonchev–Trinajstić information content (AvgIpc) is 2.66. The van der Waals surface area contributed by atoms with Gasteiger partial charge in [0.1, 0.15) is 11.4 Å². The third kappa shape index (κ3) is 1.42. The zero-order valence-electron chi connectivity index (χ0n) is 7.47. The van der Waals surface area contributed by atoms with Gasteiger partial charge in [-0.05, 0) is 6.07 Å². The van der Waals surface area contributed by atoms with Crippen LogP contribution >= 0.6 is 0 Å². The van der Waals surface area contributed by atoms with Gasteiger partial charge in [0.2, 0.25) is 0 Å². The van der Waals surface area contributed by atoms with E-state index in [2.05, 4.69) is 5.16 Å². The lowest BCUT2D eigenvalue weighted by atomic mass is 10.1. The average molecular weight is 190 g/mol. The van der Waals surface area contributed by atoms with Crippen molar-refractivity contribution in [3.8, 4) is 0 Å². The van der Waals surface area contributed by atoms with Crippen LogP contribution in [0.3, 0.4) is 0 Å². The summed E-state index contributed by atoms with van der Waals surface area (Å²) in [6, 6.07) is 7.64. The first kappa shape index (κ1) is 8.62. The molecule has 0 atom stereocenters. The third-order valence-electron chi connectivity index (χ3n) is 2.06. The normalized spacial score (nSPS) is 12.1. The Morgan fingerprint density at radius 2 is 2.29 bits per heavy atom. The first-order valence-electron chi connectivity index (χ1n) is 4.23. The van der Waals surface area contributed by atoms with Crippen LogP contribution in [0.2, 0.25) is 0 Å². The van der Waals surface area contributed by atoms with Gasteiger partial charge in [0.25, 0.3) is 0 Å². The van der Waals surface area contributed by atoms with Crippen LogP contribution in [0.5, 0.6) is 0 Å². The molecule has 0 bridgehead atoms. The molecule has 0 fully saturated rings. The molecule has 0 saturated carbocycles. The Bertz CT molecular complexity index is 474. The fourth-order valence-electron chi connectivity index (χ4n) is 1.42. The largest absolute Gasteiger partial charge is 0.464 e. The maximum absolute atomic E-state index is 8.45. The van der Waals surface area contributed by atoms with E-state index in [1.165, 1.54) is 0 Å². The van der Waals surface area contributed by atoms with Gasteiger partial charge in [-0.3, -0.25) is 0 Å². The van der Waals surface area contributed by atoms with Crippen LogP contribution in [0.1, 0.15) is 5.56 Å². The van der Waals surface area contributed by atoms with Crippen molar-refractivity contribution in [3.05, 3.63) is 36.1 Å². The van der Waals surface area contributed by atoms with Gasteiger partial charge in [-0.25, -0.2) is 0 Å². The lowest BCUT2D eigenvalue weighted by Gasteiger charge is -1.99. The molecule has 14 heavy (non-hydrogen) atoms. The number of oxime groups is 1. The smallest absolute Gasteiger partial charge is 0.143 e. The second-order valence-electron chi connectivity index (χ2n) is 3.02. The summed E-state index contributed by atoms with van der Waals surface area (Å²) in [7, 11) is 0. The molecule has 72 valence electrons. The van der Waals surface area contributed by atoms with Gasteiger partial charge in [-0.1, -0.05) is 23.4 Å². The van der Waals surface area contributed by atoms with Crippen molar-refractivity contribution in [2.45, 2.75) is 6.42 Å². The minimum atomic E-state index is 0.175. The summed E-state index contributed by atoms with van der Waals surface area (Å²) in [6.07, 6.45) is 2.02. The molecule has 4 nitrogen and oxygen atoms in total. The predicted octanol–water partition coefficient (Wildman–Crippen LogP) is 1.72. The molecule has 0 spiro atoms. The molecule has 2 rings (SSSR count). The van der Waals surface area contributed by atoms with E-state index in [0.717, 1.165) is 16.5 Å². The van der Waals surface area contributed by atoms with Crippen molar-refractivity contribution < 1.29 is 9.62 Å². The molecule has 0 aliphatic rings. The number of hydrogen-bond donors (Lipinski definition) is 2. The van der Waals surface area contributed by atoms with E-state index in [1.807, 2.05) is 24.3 Å². The van der Waals surface area contributed by atoms with Crippen LogP contribution in [0.25, 0.3) is 11.0 Å². The predicted molar refractivity (Wildman–Crippen MR) is 53.3 cm³/mol. The first-order valence-corrected chi connectivity index (χ1v) is 4.23. The Labute approximate surface area is 80.6 Å². The highest BCUT2D eigenvalue weighted by Crippen LogP contribution is 2.19. The molecule has 0 saturated heterocycles. The van der Waals surface area contributed by atoms with Crippen LogP contribution < -0.4 is 5.73 Å². The molecule has 0 radical (unpaired) electrons. The van der Waals surface area contributed by atoms with Crippen molar-refractivity contribution in [3.63, 3.8) is 0 Å². The van der Waals surface area contributed by atoms with E-state index in [0.29, 0.717) is 6.42 Å². The third-order valence-corrected chi connectivity index (χ3v) is 2.06. The second-order valence-corrected chi connectivity index (χ2v) is 3.02. The van der Waals surface area contributed by atoms with Crippen molar-refractivity contribution >= 4 is 16.8 Å². The van der Waals surface area contributed by atoms with Gasteiger partial charge >= 0.3 is 0 Å². The van der Waals surface area contributed by atoms with Crippen LogP contribution in [0.15, 0.2) is 40.1 Å². The fourth-order valence-corrected chi connectivity index (χ4v) is 1.42. The van der Waals surface area contributed by atoms with E-state index >= 15 is 0 Å². The maximum atomic E-state index is 8.45. The Morgan fingerprint density at radius 1 is 1.43 bits per heavy atom. The van der Waals surface area contributed by atoms with Crippen molar-refractivity contribution in [1.82, 2.24) is 0 Å². The number of nitrogens with zero attached hydrogens (tertiary/aromatic N) is 1. The van der Waals surface area contributed by atoms with E-state index in [4.69, 9.17) is 15.4 Å². The monoisotopic (exact) mass is 190 g/mol. The second kappa shape index (κ2) is 3.41. The Hall–Kier alpha value is -1.97. The summed E-state index contributed by atoms with van der Waals surface area (Å²) in [5.41, 5.74) is 7.13. The molecular weight excluding hydrogens is 180 g/mol. The molecule has 0 aliphatic heterocycles. The minimum absolute atomic E-state index is 0.175. The molecule has 1 heterocycles. The van der Waals surface area contributed by atoms with Gasteiger partial charge in [-0.15, -0.1) is 0 Å². The summed E-state index contributed by atoms with van der Waals surface area (Å²) in [5.74, 6) is 0.175.